The van der Waals surface area contributed by atoms with Crippen LogP contribution in [0, 0.1) is 0 Å². The van der Waals surface area contributed by atoms with Crippen molar-refractivity contribution in [1.82, 2.24) is 0 Å². The van der Waals surface area contributed by atoms with Gasteiger partial charge in [0, 0.05) is 11.5 Å². The fourth-order valence-corrected chi connectivity index (χ4v) is 3.26. The van der Waals surface area contributed by atoms with E-state index < -0.39 is 0 Å². The van der Waals surface area contributed by atoms with Crippen LogP contribution in [-0.4, -0.2) is 5.11 Å². The summed E-state index contributed by atoms with van der Waals surface area (Å²) in [7, 11) is 0. The van der Waals surface area contributed by atoms with E-state index in [9.17, 15) is 9.90 Å². The number of phenols is 1. The zero-order chi connectivity index (χ0) is 19.7. The molecule has 0 unspecified atom stereocenters. The van der Waals surface area contributed by atoms with Crippen LogP contribution < -0.4 is 10.2 Å². The van der Waals surface area contributed by atoms with E-state index in [0.717, 1.165) is 5.56 Å². The second kappa shape index (κ2) is 6.89. The highest BCUT2D eigenvalue weighted by molar-refractivity contribution is 5.78. The van der Waals surface area contributed by atoms with Crippen molar-refractivity contribution < 1.29 is 14.3 Å². The molecule has 0 bridgehead atoms. The fourth-order valence-electron chi connectivity index (χ4n) is 3.26. The van der Waals surface area contributed by atoms with Gasteiger partial charge in [0.15, 0.2) is 0 Å². The number of phenolic OH excluding ortho intramolecular Hbond substituents is 1. The summed E-state index contributed by atoms with van der Waals surface area (Å²) in [5.74, 6) is 0.701. The highest BCUT2D eigenvalue weighted by atomic mass is 16.5. The third kappa shape index (κ3) is 3.25. The maximum absolute atomic E-state index is 12.6. The minimum atomic E-state index is -0.282. The molecule has 0 aliphatic heterocycles. The molecule has 4 aromatic rings. The number of ether oxygens (including phenoxy) is 1. The molecule has 4 nitrogen and oxygen atoms in total. The topological polar surface area (TPSA) is 59.7 Å². The van der Waals surface area contributed by atoms with Gasteiger partial charge < -0.3 is 14.3 Å². The predicted octanol–water partition coefficient (Wildman–Crippen LogP) is 5.62. The van der Waals surface area contributed by atoms with Crippen LogP contribution in [0.15, 0.2) is 88.3 Å². The van der Waals surface area contributed by atoms with Gasteiger partial charge >= 0.3 is 0 Å². The number of rotatable bonds is 4. The van der Waals surface area contributed by atoms with Crippen LogP contribution in [-0.2, 0) is 5.41 Å². The van der Waals surface area contributed by atoms with E-state index in [0.29, 0.717) is 16.7 Å². The molecule has 0 spiro atoms. The summed E-state index contributed by atoms with van der Waals surface area (Å²) < 4.78 is 11.2. The van der Waals surface area contributed by atoms with Crippen LogP contribution in [0.1, 0.15) is 25.0 Å². The van der Waals surface area contributed by atoms with Gasteiger partial charge in [0.2, 0.25) is 11.2 Å². The zero-order valence-electron chi connectivity index (χ0n) is 15.7. The molecule has 3 aromatic carbocycles. The molecule has 0 aliphatic carbocycles. The predicted molar refractivity (Wildman–Crippen MR) is 109 cm³/mol. The molecule has 0 saturated heterocycles. The van der Waals surface area contributed by atoms with Gasteiger partial charge in [-0.05, 0) is 35.4 Å². The minimum Gasteiger partial charge on any atom is -0.508 e. The summed E-state index contributed by atoms with van der Waals surface area (Å²) >= 11 is 0. The maximum atomic E-state index is 12.6. The molecule has 0 radical (unpaired) electrons. The molecular formula is C24H20O4. The molecule has 0 amide bonds. The van der Waals surface area contributed by atoms with Crippen molar-refractivity contribution >= 4 is 11.0 Å². The number of aromatic hydroxyl groups is 1. The molecule has 1 aromatic heterocycles. The molecule has 0 aliphatic rings. The number of hydrogen-bond acceptors (Lipinski definition) is 4. The smallest absolute Gasteiger partial charge is 0.235 e. The second-order valence-electron chi connectivity index (χ2n) is 7.23. The Bertz CT molecular complexity index is 1170. The van der Waals surface area contributed by atoms with Crippen LogP contribution in [0.3, 0.4) is 0 Å². The van der Waals surface area contributed by atoms with Crippen LogP contribution in [0.4, 0.5) is 0 Å². The molecule has 1 N–H and O–H groups in total. The highest BCUT2D eigenvalue weighted by Gasteiger charge is 2.22. The Morgan fingerprint density at radius 3 is 2.29 bits per heavy atom. The molecule has 1 heterocycles. The lowest BCUT2D eigenvalue weighted by molar-refractivity contribution is 0.448. The van der Waals surface area contributed by atoms with E-state index in [1.807, 2.05) is 42.5 Å². The van der Waals surface area contributed by atoms with Gasteiger partial charge in [-0.1, -0.05) is 56.3 Å². The van der Waals surface area contributed by atoms with Crippen molar-refractivity contribution in [3.8, 4) is 17.2 Å². The first kappa shape index (κ1) is 17.9. The van der Waals surface area contributed by atoms with Crippen LogP contribution in [0.5, 0.6) is 17.2 Å². The summed E-state index contributed by atoms with van der Waals surface area (Å²) in [5.41, 5.74) is 2.26. The normalized spacial score (nSPS) is 11.5. The van der Waals surface area contributed by atoms with Crippen LogP contribution >= 0.6 is 0 Å². The van der Waals surface area contributed by atoms with Crippen molar-refractivity contribution in [2.75, 3.05) is 0 Å². The fraction of sp³-hybridized carbons (Fsp3) is 0.125. The molecule has 0 fully saturated rings. The maximum Gasteiger partial charge on any atom is 0.235 e. The Kier molecular flexibility index (Phi) is 4.40. The van der Waals surface area contributed by atoms with Crippen LogP contribution in [0.2, 0.25) is 0 Å². The highest BCUT2D eigenvalue weighted by Crippen LogP contribution is 2.33. The van der Waals surface area contributed by atoms with Crippen molar-refractivity contribution in [3.63, 3.8) is 0 Å². The minimum absolute atomic E-state index is 0.0425. The first-order valence-electron chi connectivity index (χ1n) is 9.03. The van der Waals surface area contributed by atoms with Gasteiger partial charge in [0.25, 0.3) is 0 Å². The van der Waals surface area contributed by atoms with Crippen molar-refractivity contribution in [2.24, 2.45) is 0 Å². The van der Waals surface area contributed by atoms with Gasteiger partial charge in [0.1, 0.15) is 23.3 Å². The Hall–Kier alpha value is -3.53. The van der Waals surface area contributed by atoms with Gasteiger partial charge in [-0.3, -0.25) is 4.79 Å². The lowest BCUT2D eigenvalue weighted by Gasteiger charge is -2.26. The number of hydrogen-bond donors (Lipinski definition) is 1. The quantitative estimate of drug-likeness (QED) is 0.505. The van der Waals surface area contributed by atoms with E-state index >= 15 is 0 Å². The van der Waals surface area contributed by atoms with E-state index in [4.69, 9.17) is 9.15 Å². The number of benzene rings is 3. The van der Waals surface area contributed by atoms with Gasteiger partial charge in [-0.25, -0.2) is 0 Å². The molecule has 4 rings (SSSR count). The lowest BCUT2D eigenvalue weighted by atomic mass is 9.78. The zero-order valence-corrected chi connectivity index (χ0v) is 15.7. The van der Waals surface area contributed by atoms with E-state index in [-0.39, 0.29) is 22.3 Å². The first-order valence-corrected chi connectivity index (χ1v) is 9.03. The third-order valence-corrected chi connectivity index (χ3v) is 5.03. The molecular weight excluding hydrogens is 352 g/mol. The molecule has 0 saturated carbocycles. The first-order chi connectivity index (χ1) is 13.4. The van der Waals surface area contributed by atoms with Gasteiger partial charge in [0.05, 0.1) is 5.39 Å². The van der Waals surface area contributed by atoms with E-state index in [1.54, 1.807) is 0 Å². The van der Waals surface area contributed by atoms with Gasteiger partial charge in [-0.2, -0.15) is 0 Å². The molecule has 0 atom stereocenters. The Morgan fingerprint density at radius 1 is 0.893 bits per heavy atom. The monoisotopic (exact) mass is 372 g/mol. The summed E-state index contributed by atoms with van der Waals surface area (Å²) in [5, 5.41) is 9.86. The Labute approximate surface area is 162 Å². The SMILES string of the molecule is CC(C)(c1ccccc1)c1ccc(Oc2coc3cc(O)ccc3c2=O)cc1. The standard InChI is InChI=1S/C24H20O4/c1-24(2,16-6-4-3-5-7-16)17-8-11-19(12-9-17)28-22-15-27-21-14-18(25)10-13-20(21)23(22)26/h3-15,25H,1-2H3. The Morgan fingerprint density at radius 2 is 1.57 bits per heavy atom. The van der Waals surface area contributed by atoms with Crippen LogP contribution in [0.25, 0.3) is 11.0 Å². The van der Waals surface area contributed by atoms with Gasteiger partial charge in [-0.15, -0.1) is 0 Å². The van der Waals surface area contributed by atoms with Crippen molar-refractivity contribution in [3.05, 3.63) is 100 Å². The summed E-state index contributed by atoms with van der Waals surface area (Å²) in [6.07, 6.45) is 1.27. The second-order valence-corrected chi connectivity index (χ2v) is 7.23. The lowest BCUT2D eigenvalue weighted by Crippen LogP contribution is -2.18. The Balaban J connectivity index is 1.62. The van der Waals surface area contributed by atoms with Crippen molar-refractivity contribution in [1.29, 1.82) is 0 Å². The average molecular weight is 372 g/mol. The largest absolute Gasteiger partial charge is 0.508 e. The average Bonchev–Trinajstić information content (AvgIpc) is 2.71. The van der Waals surface area contributed by atoms with E-state index in [1.165, 1.54) is 30.0 Å². The molecule has 4 heteroatoms. The summed E-state index contributed by atoms with van der Waals surface area (Å²) in [4.78, 5) is 12.6. The number of fused-ring (bicyclic) bond motifs is 1. The van der Waals surface area contributed by atoms with Crippen molar-refractivity contribution in [2.45, 2.75) is 19.3 Å². The third-order valence-electron chi connectivity index (χ3n) is 5.03. The summed E-state index contributed by atoms with van der Waals surface area (Å²) in [6, 6.07) is 22.4. The van der Waals surface area contributed by atoms with E-state index in [2.05, 4.69) is 26.0 Å². The molecule has 28 heavy (non-hydrogen) atoms. The molecule has 140 valence electrons. The summed E-state index contributed by atoms with van der Waals surface area (Å²) in [6.45, 7) is 4.34.